The van der Waals surface area contributed by atoms with Gasteiger partial charge in [-0.15, -0.1) is 0 Å². The number of ether oxygens (including phenoxy) is 1. The Balaban J connectivity index is 1.40. The van der Waals surface area contributed by atoms with E-state index in [4.69, 9.17) is 10.5 Å². The number of fused-ring (bicyclic) bond motifs is 1. The Bertz CT molecular complexity index is 722. The lowest BCUT2D eigenvalue weighted by Gasteiger charge is -2.37. The molecule has 3 N–H and O–H groups in total. The summed E-state index contributed by atoms with van der Waals surface area (Å²) >= 11 is -1.55. The van der Waals surface area contributed by atoms with Gasteiger partial charge in [0.15, 0.2) is 5.84 Å². The number of amidine groups is 1. The number of carbonyl (C=O) groups is 1. The highest BCUT2D eigenvalue weighted by Gasteiger charge is 2.32. The van der Waals surface area contributed by atoms with Crippen LogP contribution in [0.25, 0.3) is 0 Å². The molecule has 0 spiro atoms. The number of carbonyl (C=O) groups excluding carboxylic acids is 1. The van der Waals surface area contributed by atoms with Crippen molar-refractivity contribution in [3.63, 3.8) is 0 Å². The molecular formula is C18H24N4O3S. The molecule has 1 amide bonds. The van der Waals surface area contributed by atoms with E-state index in [9.17, 15) is 9.35 Å². The van der Waals surface area contributed by atoms with E-state index in [1.54, 1.807) is 6.07 Å². The molecule has 2 aliphatic heterocycles. The van der Waals surface area contributed by atoms with Crippen molar-refractivity contribution in [2.75, 3.05) is 24.4 Å². The van der Waals surface area contributed by atoms with E-state index in [-0.39, 0.29) is 11.8 Å². The number of piperidine rings is 1. The van der Waals surface area contributed by atoms with Crippen LogP contribution in [0.5, 0.6) is 5.75 Å². The fourth-order valence-electron chi connectivity index (χ4n) is 3.77. The summed E-state index contributed by atoms with van der Waals surface area (Å²) < 4.78 is 24.3. The average molecular weight is 376 g/mol. The molecule has 4 rings (SSSR count). The molecule has 2 heterocycles. The van der Waals surface area contributed by atoms with Gasteiger partial charge in [0, 0.05) is 24.9 Å². The van der Waals surface area contributed by atoms with Gasteiger partial charge in [-0.05, 0) is 42.2 Å². The van der Waals surface area contributed by atoms with Crippen molar-refractivity contribution in [2.45, 2.75) is 32.1 Å². The van der Waals surface area contributed by atoms with Gasteiger partial charge in [0.1, 0.15) is 5.75 Å². The maximum absolute atomic E-state index is 12.5. The molecule has 140 valence electrons. The van der Waals surface area contributed by atoms with Crippen LogP contribution in [0.2, 0.25) is 0 Å². The third-order valence-corrected chi connectivity index (χ3v) is 6.18. The third kappa shape index (κ3) is 3.48. The smallest absolute Gasteiger partial charge is 0.225 e. The zero-order chi connectivity index (χ0) is 18.1. The summed E-state index contributed by atoms with van der Waals surface area (Å²) in [6.45, 7) is 2.15. The average Bonchev–Trinajstić information content (AvgIpc) is 2.58. The van der Waals surface area contributed by atoms with E-state index in [0.29, 0.717) is 35.4 Å². The summed E-state index contributed by atoms with van der Waals surface area (Å²) in [5.41, 5.74) is 7.27. The highest BCUT2D eigenvalue weighted by atomic mass is 32.2. The van der Waals surface area contributed by atoms with E-state index < -0.39 is 11.5 Å². The predicted octanol–water partition coefficient (Wildman–Crippen LogP) is 1.81. The van der Waals surface area contributed by atoms with Crippen LogP contribution in [0.4, 0.5) is 5.69 Å². The van der Waals surface area contributed by atoms with Crippen LogP contribution in [0.1, 0.15) is 37.7 Å². The van der Waals surface area contributed by atoms with Gasteiger partial charge in [0.05, 0.1) is 17.9 Å². The molecule has 2 fully saturated rings. The molecule has 1 aliphatic carbocycles. The van der Waals surface area contributed by atoms with Gasteiger partial charge < -0.3 is 19.9 Å². The number of rotatable bonds is 4. The van der Waals surface area contributed by atoms with Gasteiger partial charge in [-0.1, -0.05) is 12.5 Å². The molecular weight excluding hydrogens is 352 g/mol. The number of hydrogen-bond acceptors (Lipinski definition) is 6. The van der Waals surface area contributed by atoms with Gasteiger partial charge in [-0.2, -0.15) is 4.72 Å². The molecule has 2 unspecified atom stereocenters. The summed E-state index contributed by atoms with van der Waals surface area (Å²) in [5.74, 6) is 1.74. The zero-order valence-electron chi connectivity index (χ0n) is 14.6. The number of nitrogens with zero attached hydrogens (tertiary/aromatic N) is 2. The summed E-state index contributed by atoms with van der Waals surface area (Å²) in [5, 5.41) is 0. The molecule has 8 heteroatoms. The minimum absolute atomic E-state index is 0.220. The molecule has 1 saturated heterocycles. The fourth-order valence-corrected chi connectivity index (χ4v) is 4.45. The maximum atomic E-state index is 12.5. The van der Waals surface area contributed by atoms with Crippen molar-refractivity contribution < 1.29 is 14.1 Å². The van der Waals surface area contributed by atoms with E-state index in [1.807, 2.05) is 17.0 Å². The number of anilines is 1. The van der Waals surface area contributed by atoms with E-state index in [1.165, 1.54) is 6.42 Å². The first-order valence-electron chi connectivity index (χ1n) is 9.19. The summed E-state index contributed by atoms with van der Waals surface area (Å²) in [6.07, 6.45) is 5.33. The van der Waals surface area contributed by atoms with Gasteiger partial charge in [-0.25, -0.2) is 0 Å². The largest absolute Gasteiger partial charge is 0.566 e. The number of likely N-dealkylation sites (tertiary alicyclic amines) is 1. The highest BCUT2D eigenvalue weighted by Crippen LogP contribution is 2.32. The van der Waals surface area contributed by atoms with E-state index in [2.05, 4.69) is 9.12 Å². The number of benzene rings is 1. The molecule has 1 aromatic carbocycles. The molecule has 0 bridgehead atoms. The number of nitrogens with one attached hydrogen (secondary N) is 1. The van der Waals surface area contributed by atoms with Crippen molar-refractivity contribution in [1.29, 1.82) is 0 Å². The highest BCUT2D eigenvalue weighted by molar-refractivity contribution is 7.91. The Morgan fingerprint density at radius 1 is 1.38 bits per heavy atom. The summed E-state index contributed by atoms with van der Waals surface area (Å²) in [4.78, 5) is 14.5. The molecule has 0 aromatic heterocycles. The molecule has 3 aliphatic rings. The zero-order valence-corrected chi connectivity index (χ0v) is 15.5. The fraction of sp³-hybridized carbons (Fsp3) is 0.556. The standard InChI is InChI=1S/C18H24N4O3S/c19-17-16-14(20-26(24)21-17)7-2-8-15(16)25-11-12-4-3-9-22(10-12)18(23)13-5-1-6-13/h2,7-8,12-13,20H,1,3-6,9-11H2,(H2,19,21). The Morgan fingerprint density at radius 2 is 2.23 bits per heavy atom. The Labute approximate surface area is 156 Å². The minimum atomic E-state index is -1.55. The Kier molecular flexibility index (Phi) is 4.95. The normalized spacial score (nSPS) is 25.6. The molecule has 2 atom stereocenters. The van der Waals surface area contributed by atoms with Crippen LogP contribution in [0.15, 0.2) is 22.6 Å². The number of nitrogens with two attached hydrogens (primary N) is 1. The van der Waals surface area contributed by atoms with Crippen molar-refractivity contribution in [3.05, 3.63) is 23.8 Å². The van der Waals surface area contributed by atoms with Gasteiger partial charge >= 0.3 is 0 Å². The van der Waals surface area contributed by atoms with Crippen LogP contribution in [-0.4, -0.2) is 40.9 Å². The molecule has 1 aromatic rings. The third-order valence-electron chi connectivity index (χ3n) is 5.42. The quantitative estimate of drug-likeness (QED) is 0.780. The molecule has 1 saturated carbocycles. The second-order valence-electron chi connectivity index (χ2n) is 7.24. The van der Waals surface area contributed by atoms with Crippen molar-refractivity contribution in [1.82, 2.24) is 4.90 Å². The SMILES string of the molecule is NC1=N[S+]([O-])Nc2cccc(OCC3CCCN(C(=O)C4CCC4)C3)c21. The van der Waals surface area contributed by atoms with Crippen LogP contribution in [-0.2, 0) is 16.3 Å². The molecule has 0 radical (unpaired) electrons. The van der Waals surface area contributed by atoms with Crippen molar-refractivity contribution in [3.8, 4) is 5.75 Å². The maximum Gasteiger partial charge on any atom is 0.225 e. The van der Waals surface area contributed by atoms with E-state index in [0.717, 1.165) is 38.8 Å². The lowest BCUT2D eigenvalue weighted by molar-refractivity contribution is -0.140. The molecule has 7 nitrogen and oxygen atoms in total. The topological polar surface area (TPSA) is 103 Å². The molecule has 26 heavy (non-hydrogen) atoms. The van der Waals surface area contributed by atoms with Crippen LogP contribution < -0.4 is 15.2 Å². The Hall–Kier alpha value is -1.93. The second kappa shape index (κ2) is 7.36. The van der Waals surface area contributed by atoms with Crippen LogP contribution in [0, 0.1) is 11.8 Å². The predicted molar refractivity (Wildman–Crippen MR) is 101 cm³/mol. The second-order valence-corrected chi connectivity index (χ2v) is 8.12. The minimum Gasteiger partial charge on any atom is -0.566 e. The van der Waals surface area contributed by atoms with Crippen LogP contribution >= 0.6 is 0 Å². The lowest BCUT2D eigenvalue weighted by Crippen LogP contribution is -2.45. The van der Waals surface area contributed by atoms with Crippen molar-refractivity contribution in [2.24, 2.45) is 22.0 Å². The van der Waals surface area contributed by atoms with E-state index >= 15 is 0 Å². The first-order chi connectivity index (χ1) is 12.6. The van der Waals surface area contributed by atoms with Gasteiger partial charge in [0.25, 0.3) is 0 Å². The van der Waals surface area contributed by atoms with Crippen LogP contribution in [0.3, 0.4) is 0 Å². The monoisotopic (exact) mass is 376 g/mol. The lowest BCUT2D eigenvalue weighted by atomic mass is 9.83. The first-order valence-corrected chi connectivity index (χ1v) is 10.3. The summed E-state index contributed by atoms with van der Waals surface area (Å²) in [7, 11) is 0. The first kappa shape index (κ1) is 17.5. The van der Waals surface area contributed by atoms with Crippen molar-refractivity contribution >= 4 is 29.0 Å². The van der Waals surface area contributed by atoms with Gasteiger partial charge in [-0.3, -0.25) is 4.79 Å². The van der Waals surface area contributed by atoms with Gasteiger partial charge in [0.2, 0.25) is 17.5 Å². The summed E-state index contributed by atoms with van der Waals surface area (Å²) in [6, 6.07) is 5.49. The Morgan fingerprint density at radius 3 is 3.00 bits per heavy atom. The number of hydrogen-bond donors (Lipinski definition) is 2. The number of amides is 1.